The van der Waals surface area contributed by atoms with Crippen molar-refractivity contribution < 1.29 is 4.79 Å². The van der Waals surface area contributed by atoms with Crippen LogP contribution in [-0.4, -0.2) is 18.0 Å². The van der Waals surface area contributed by atoms with E-state index in [9.17, 15) is 4.79 Å². The van der Waals surface area contributed by atoms with E-state index in [0.717, 1.165) is 12.8 Å². The molecule has 1 atom stereocenters. The second-order valence-corrected chi connectivity index (χ2v) is 3.79. The van der Waals surface area contributed by atoms with Crippen LogP contribution in [0.3, 0.4) is 0 Å². The Labute approximate surface area is 81.1 Å². The Morgan fingerprint density at radius 1 is 1.31 bits per heavy atom. The molecule has 0 aromatic rings. The molecule has 3 nitrogen and oxygen atoms in total. The van der Waals surface area contributed by atoms with E-state index in [-0.39, 0.29) is 23.9 Å². The van der Waals surface area contributed by atoms with Gasteiger partial charge in [0.05, 0.1) is 6.04 Å². The van der Waals surface area contributed by atoms with E-state index in [1.54, 1.807) is 0 Å². The third kappa shape index (κ3) is 4.27. The van der Waals surface area contributed by atoms with Crippen LogP contribution < -0.4 is 11.1 Å². The standard InChI is InChI=1S/C10H22N2O/c1-5-8(6-2)12-10(13)9(11)7(3)4/h7-9H,5-6,11H2,1-4H3,(H,12,13)/t9-/m1/s1. The van der Waals surface area contributed by atoms with E-state index >= 15 is 0 Å². The van der Waals surface area contributed by atoms with Gasteiger partial charge in [0.2, 0.25) is 5.91 Å². The summed E-state index contributed by atoms with van der Waals surface area (Å²) in [5.41, 5.74) is 5.71. The zero-order chi connectivity index (χ0) is 10.4. The lowest BCUT2D eigenvalue weighted by molar-refractivity contribution is -0.124. The van der Waals surface area contributed by atoms with Crippen LogP contribution in [0.5, 0.6) is 0 Å². The topological polar surface area (TPSA) is 55.1 Å². The van der Waals surface area contributed by atoms with E-state index in [2.05, 4.69) is 19.2 Å². The number of hydrogen-bond donors (Lipinski definition) is 2. The van der Waals surface area contributed by atoms with Crippen LogP contribution in [0, 0.1) is 5.92 Å². The number of rotatable bonds is 5. The Morgan fingerprint density at radius 2 is 1.77 bits per heavy atom. The predicted octanol–water partition coefficient (Wildman–Crippen LogP) is 1.27. The molecular weight excluding hydrogens is 164 g/mol. The van der Waals surface area contributed by atoms with Gasteiger partial charge in [-0.3, -0.25) is 4.79 Å². The summed E-state index contributed by atoms with van der Waals surface area (Å²) in [6.45, 7) is 8.04. The van der Waals surface area contributed by atoms with Crippen LogP contribution in [0.4, 0.5) is 0 Å². The molecular formula is C10H22N2O. The summed E-state index contributed by atoms with van der Waals surface area (Å²) in [6, 6.07) is -0.0992. The van der Waals surface area contributed by atoms with Gasteiger partial charge in [-0.2, -0.15) is 0 Å². The molecule has 0 rings (SSSR count). The summed E-state index contributed by atoms with van der Waals surface area (Å²) in [4.78, 5) is 11.5. The van der Waals surface area contributed by atoms with Crippen molar-refractivity contribution in [2.75, 3.05) is 0 Å². The molecule has 0 aliphatic rings. The summed E-state index contributed by atoms with van der Waals surface area (Å²) in [5.74, 6) is 0.179. The van der Waals surface area contributed by atoms with Gasteiger partial charge in [0.25, 0.3) is 0 Å². The molecule has 78 valence electrons. The lowest BCUT2D eigenvalue weighted by Gasteiger charge is -2.20. The Bertz CT molecular complexity index is 153. The molecule has 0 spiro atoms. The van der Waals surface area contributed by atoms with Gasteiger partial charge in [0, 0.05) is 6.04 Å². The molecule has 13 heavy (non-hydrogen) atoms. The molecule has 0 saturated heterocycles. The van der Waals surface area contributed by atoms with E-state index in [1.165, 1.54) is 0 Å². The summed E-state index contributed by atoms with van der Waals surface area (Å²) < 4.78 is 0. The maximum atomic E-state index is 11.5. The van der Waals surface area contributed by atoms with E-state index < -0.39 is 0 Å². The first kappa shape index (κ1) is 12.4. The number of hydrogen-bond acceptors (Lipinski definition) is 2. The van der Waals surface area contributed by atoms with Gasteiger partial charge in [-0.05, 0) is 18.8 Å². The van der Waals surface area contributed by atoms with Gasteiger partial charge >= 0.3 is 0 Å². The van der Waals surface area contributed by atoms with Crippen molar-refractivity contribution in [1.82, 2.24) is 5.32 Å². The van der Waals surface area contributed by atoms with E-state index in [4.69, 9.17) is 5.73 Å². The summed E-state index contributed by atoms with van der Waals surface area (Å²) in [6.07, 6.45) is 1.93. The summed E-state index contributed by atoms with van der Waals surface area (Å²) in [5, 5.41) is 2.93. The van der Waals surface area contributed by atoms with Crippen molar-refractivity contribution >= 4 is 5.91 Å². The highest BCUT2D eigenvalue weighted by Crippen LogP contribution is 2.01. The van der Waals surface area contributed by atoms with Crippen molar-refractivity contribution in [2.45, 2.75) is 52.6 Å². The molecule has 0 unspecified atom stereocenters. The molecule has 1 amide bonds. The van der Waals surface area contributed by atoms with Crippen LogP contribution in [0.25, 0.3) is 0 Å². The fraction of sp³-hybridized carbons (Fsp3) is 0.900. The second kappa shape index (κ2) is 5.97. The van der Waals surface area contributed by atoms with E-state index in [0.29, 0.717) is 0 Å². The van der Waals surface area contributed by atoms with Crippen LogP contribution in [-0.2, 0) is 4.79 Å². The highest BCUT2D eigenvalue weighted by molar-refractivity contribution is 5.81. The van der Waals surface area contributed by atoms with Gasteiger partial charge < -0.3 is 11.1 Å². The molecule has 0 aliphatic carbocycles. The number of nitrogens with one attached hydrogen (secondary N) is 1. The molecule has 0 radical (unpaired) electrons. The molecule has 0 aromatic heterocycles. The van der Waals surface area contributed by atoms with Crippen LogP contribution >= 0.6 is 0 Å². The Balaban J connectivity index is 3.98. The van der Waals surface area contributed by atoms with E-state index in [1.807, 2.05) is 13.8 Å². The minimum Gasteiger partial charge on any atom is -0.352 e. The van der Waals surface area contributed by atoms with Crippen molar-refractivity contribution in [3.05, 3.63) is 0 Å². The van der Waals surface area contributed by atoms with Crippen molar-refractivity contribution in [2.24, 2.45) is 11.7 Å². The van der Waals surface area contributed by atoms with Gasteiger partial charge in [0.15, 0.2) is 0 Å². The Hall–Kier alpha value is -0.570. The molecule has 0 bridgehead atoms. The lowest BCUT2D eigenvalue weighted by Crippen LogP contribution is -2.47. The number of carbonyl (C=O) groups is 1. The van der Waals surface area contributed by atoms with Crippen molar-refractivity contribution in [1.29, 1.82) is 0 Å². The number of amides is 1. The number of nitrogens with two attached hydrogens (primary N) is 1. The second-order valence-electron chi connectivity index (χ2n) is 3.79. The minimum atomic E-state index is -0.374. The van der Waals surface area contributed by atoms with Gasteiger partial charge in [-0.1, -0.05) is 27.7 Å². The lowest BCUT2D eigenvalue weighted by atomic mass is 10.0. The Kier molecular flexibility index (Phi) is 5.71. The molecule has 3 heteroatoms. The average Bonchev–Trinajstić information content (AvgIpc) is 2.12. The zero-order valence-corrected chi connectivity index (χ0v) is 9.13. The maximum Gasteiger partial charge on any atom is 0.237 e. The smallest absolute Gasteiger partial charge is 0.237 e. The third-order valence-corrected chi connectivity index (χ3v) is 2.35. The molecule has 0 fully saturated rings. The molecule has 0 saturated carbocycles. The first-order valence-electron chi connectivity index (χ1n) is 5.08. The number of carbonyl (C=O) groups excluding carboxylic acids is 1. The highest BCUT2D eigenvalue weighted by atomic mass is 16.2. The monoisotopic (exact) mass is 186 g/mol. The summed E-state index contributed by atoms with van der Waals surface area (Å²) >= 11 is 0. The SMILES string of the molecule is CCC(CC)NC(=O)[C@H](N)C(C)C. The largest absolute Gasteiger partial charge is 0.352 e. The minimum absolute atomic E-state index is 0.0244. The normalized spacial score (nSPS) is 13.5. The summed E-state index contributed by atoms with van der Waals surface area (Å²) in [7, 11) is 0. The zero-order valence-electron chi connectivity index (χ0n) is 9.13. The molecule has 0 aliphatic heterocycles. The first-order chi connectivity index (χ1) is 6.02. The average molecular weight is 186 g/mol. The van der Waals surface area contributed by atoms with Crippen LogP contribution in [0.2, 0.25) is 0 Å². The van der Waals surface area contributed by atoms with Gasteiger partial charge in [-0.25, -0.2) is 0 Å². The fourth-order valence-electron chi connectivity index (χ4n) is 1.09. The predicted molar refractivity (Wildman–Crippen MR) is 55.3 cm³/mol. The maximum absolute atomic E-state index is 11.5. The van der Waals surface area contributed by atoms with Gasteiger partial charge in [0.1, 0.15) is 0 Å². The van der Waals surface area contributed by atoms with Gasteiger partial charge in [-0.15, -0.1) is 0 Å². The highest BCUT2D eigenvalue weighted by Gasteiger charge is 2.18. The quantitative estimate of drug-likeness (QED) is 0.679. The van der Waals surface area contributed by atoms with Crippen molar-refractivity contribution in [3.8, 4) is 0 Å². The molecule has 3 N–H and O–H groups in total. The van der Waals surface area contributed by atoms with Crippen LogP contribution in [0.1, 0.15) is 40.5 Å². The third-order valence-electron chi connectivity index (χ3n) is 2.35. The first-order valence-corrected chi connectivity index (χ1v) is 5.08. The molecule has 0 aromatic carbocycles. The fourth-order valence-corrected chi connectivity index (χ4v) is 1.09. The van der Waals surface area contributed by atoms with Crippen LogP contribution in [0.15, 0.2) is 0 Å². The Morgan fingerprint density at radius 3 is 2.08 bits per heavy atom. The molecule has 0 heterocycles. The van der Waals surface area contributed by atoms with Crippen molar-refractivity contribution in [3.63, 3.8) is 0 Å².